The average Bonchev–Trinajstić information content (AvgIpc) is 2.39. The van der Waals surface area contributed by atoms with E-state index in [4.69, 9.17) is 0 Å². The van der Waals surface area contributed by atoms with Gasteiger partial charge in [-0.15, -0.1) is 0 Å². The number of methoxy groups -OCH3 is 1. The summed E-state index contributed by atoms with van der Waals surface area (Å²) in [4.78, 5) is 13.1. The molecule has 0 aliphatic rings. The summed E-state index contributed by atoms with van der Waals surface area (Å²) in [5.41, 5.74) is 1.03. The molecular weight excluding hydrogens is 325 g/mol. The zero-order chi connectivity index (χ0) is 15.1. The molecule has 0 radical (unpaired) electrons. The molecule has 2 N–H and O–H groups in total. The summed E-state index contributed by atoms with van der Waals surface area (Å²) in [7, 11) is 1.24. The van der Waals surface area contributed by atoms with Crippen LogP contribution in [0, 0.1) is 0 Å². The van der Waals surface area contributed by atoms with Gasteiger partial charge in [0.15, 0.2) is 6.10 Å². The maximum absolute atomic E-state index is 11.3. The van der Waals surface area contributed by atoms with E-state index in [2.05, 4.69) is 20.7 Å². The molecule has 1 aromatic rings. The Bertz CT molecular complexity index is 427. The van der Waals surface area contributed by atoms with E-state index in [9.17, 15) is 14.9 Å². The van der Waals surface area contributed by atoms with Gasteiger partial charge >= 0.3 is 5.97 Å². The van der Waals surface area contributed by atoms with E-state index in [1.54, 1.807) is 6.82 Å². The summed E-state index contributed by atoms with van der Waals surface area (Å²) < 4.78 is 5.48. The lowest BCUT2D eigenvalue weighted by Crippen LogP contribution is -2.41. The van der Waals surface area contributed by atoms with Gasteiger partial charge in [-0.2, -0.15) is 0 Å². The molecule has 0 bridgehead atoms. The Morgan fingerprint density at radius 1 is 1.45 bits per heavy atom. The number of aliphatic hydroxyl groups excluding tert-OH is 1. The lowest BCUT2D eigenvalue weighted by Gasteiger charge is -2.24. The van der Waals surface area contributed by atoms with Crippen molar-refractivity contribution in [2.24, 2.45) is 0 Å². The molecule has 20 heavy (non-hydrogen) atoms. The molecule has 1 rings (SSSR count). The number of carbonyl (C=O) groups excluding carboxylic acids is 1. The highest BCUT2D eigenvalue weighted by Crippen LogP contribution is 2.12. The molecule has 0 aliphatic carbocycles. The molecule has 7 heteroatoms. The molecule has 1 atom stereocenters. The molecular formula is C13H19BBrNO4. The summed E-state index contributed by atoms with van der Waals surface area (Å²) >= 11 is 3.37. The van der Waals surface area contributed by atoms with Crippen LogP contribution in [0.25, 0.3) is 0 Å². The first kappa shape index (κ1) is 17.2. The molecule has 0 fully saturated rings. The lowest BCUT2D eigenvalue weighted by atomic mass is 9.71. The van der Waals surface area contributed by atoms with Crippen molar-refractivity contribution >= 4 is 28.8 Å². The number of esters is 1. The Kier molecular flexibility index (Phi) is 7.22. The second kappa shape index (κ2) is 8.41. The maximum atomic E-state index is 11.3. The number of nitrogens with zero attached hydrogens (tertiary/aromatic N) is 1. The summed E-state index contributed by atoms with van der Waals surface area (Å²) in [6, 6.07) is 7.74. The van der Waals surface area contributed by atoms with Gasteiger partial charge in [-0.05, 0) is 17.7 Å². The van der Waals surface area contributed by atoms with Gasteiger partial charge in [0.05, 0.1) is 7.11 Å². The third-order valence-electron chi connectivity index (χ3n) is 2.75. The lowest BCUT2D eigenvalue weighted by molar-refractivity contribution is -0.151. The fourth-order valence-corrected chi connectivity index (χ4v) is 2.14. The summed E-state index contributed by atoms with van der Waals surface area (Å²) in [6.07, 6.45) is -0.849. The van der Waals surface area contributed by atoms with Crippen molar-refractivity contribution in [2.45, 2.75) is 19.5 Å². The quantitative estimate of drug-likeness (QED) is 0.569. The highest BCUT2D eigenvalue weighted by atomic mass is 79.9. The molecule has 0 aliphatic heterocycles. The van der Waals surface area contributed by atoms with E-state index >= 15 is 0 Å². The van der Waals surface area contributed by atoms with Crippen LogP contribution in [0.4, 0.5) is 0 Å². The van der Waals surface area contributed by atoms with Crippen LogP contribution in [0.2, 0.25) is 6.82 Å². The number of aliphatic hydroxyl groups is 1. The molecule has 110 valence electrons. The van der Waals surface area contributed by atoms with Gasteiger partial charge < -0.3 is 19.8 Å². The number of halogens is 1. The molecule has 5 nitrogen and oxygen atoms in total. The Balaban J connectivity index is 2.68. The molecule has 0 spiro atoms. The van der Waals surface area contributed by atoms with E-state index in [0.29, 0.717) is 13.0 Å². The van der Waals surface area contributed by atoms with Gasteiger partial charge in [-0.25, -0.2) is 4.79 Å². The molecule has 1 aromatic carbocycles. The Labute approximate surface area is 127 Å². The van der Waals surface area contributed by atoms with Crippen LogP contribution in [0.15, 0.2) is 28.7 Å². The van der Waals surface area contributed by atoms with Crippen LogP contribution in [0.1, 0.15) is 5.56 Å². The highest BCUT2D eigenvalue weighted by molar-refractivity contribution is 9.10. The maximum Gasteiger partial charge on any atom is 0.336 e. The van der Waals surface area contributed by atoms with Gasteiger partial charge in [-0.3, -0.25) is 0 Å². The summed E-state index contributed by atoms with van der Waals surface area (Å²) in [6.45, 7) is 1.77. The predicted octanol–water partition coefficient (Wildman–Crippen LogP) is 0.938. The molecule has 0 saturated carbocycles. The van der Waals surface area contributed by atoms with Gasteiger partial charge in [-0.1, -0.05) is 34.9 Å². The predicted molar refractivity (Wildman–Crippen MR) is 81.3 cm³/mol. The zero-order valence-electron chi connectivity index (χ0n) is 11.6. The SMILES string of the molecule is COC(=O)C(O)CN(CB(C)O)Cc1ccc(Br)cc1. The summed E-state index contributed by atoms with van der Waals surface area (Å²) in [5, 5.41) is 19.2. The number of hydrogen-bond acceptors (Lipinski definition) is 5. The second-order valence-corrected chi connectivity index (χ2v) is 5.62. The Hall–Kier alpha value is -0.885. The van der Waals surface area contributed by atoms with Crippen LogP contribution in [0.5, 0.6) is 0 Å². The third kappa shape index (κ3) is 6.05. The first-order valence-corrected chi connectivity index (χ1v) is 7.12. The fourth-order valence-electron chi connectivity index (χ4n) is 1.88. The van der Waals surface area contributed by atoms with E-state index in [0.717, 1.165) is 10.0 Å². The van der Waals surface area contributed by atoms with E-state index in [1.807, 2.05) is 29.2 Å². The molecule has 0 saturated heterocycles. The van der Waals surface area contributed by atoms with Gasteiger partial charge in [0.25, 0.3) is 6.92 Å². The number of rotatable bonds is 7. The standard InChI is InChI=1S/C13H19BBrNO4/c1-14(19)9-16(8-12(17)13(18)20-2)7-10-3-5-11(15)6-4-10/h3-6,12,17,19H,7-9H2,1-2H3. The second-order valence-electron chi connectivity index (χ2n) is 4.71. The van der Waals surface area contributed by atoms with Crippen molar-refractivity contribution in [1.29, 1.82) is 0 Å². The van der Waals surface area contributed by atoms with E-state index in [-0.39, 0.29) is 6.54 Å². The van der Waals surface area contributed by atoms with Crippen molar-refractivity contribution in [1.82, 2.24) is 4.90 Å². The number of hydrogen-bond donors (Lipinski definition) is 2. The molecule has 0 aromatic heterocycles. The zero-order valence-corrected chi connectivity index (χ0v) is 13.2. The molecule has 1 unspecified atom stereocenters. The molecule has 0 heterocycles. The molecule has 0 amide bonds. The van der Waals surface area contributed by atoms with Crippen LogP contribution in [-0.4, -0.2) is 54.1 Å². The van der Waals surface area contributed by atoms with Crippen LogP contribution < -0.4 is 0 Å². The minimum absolute atomic E-state index is 0.119. The van der Waals surface area contributed by atoms with Crippen LogP contribution in [0.3, 0.4) is 0 Å². The number of ether oxygens (including phenoxy) is 1. The van der Waals surface area contributed by atoms with Crippen molar-refractivity contribution in [3.05, 3.63) is 34.3 Å². The Morgan fingerprint density at radius 3 is 2.55 bits per heavy atom. The summed E-state index contributed by atoms with van der Waals surface area (Å²) in [5.74, 6) is -0.670. The normalized spacial score (nSPS) is 12.3. The smallest absolute Gasteiger partial charge is 0.336 e. The topological polar surface area (TPSA) is 70.0 Å². The highest BCUT2D eigenvalue weighted by Gasteiger charge is 2.21. The van der Waals surface area contributed by atoms with Crippen LogP contribution in [-0.2, 0) is 16.1 Å². The first-order chi connectivity index (χ1) is 9.42. The van der Waals surface area contributed by atoms with Crippen molar-refractivity contribution in [3.8, 4) is 0 Å². The number of benzene rings is 1. The van der Waals surface area contributed by atoms with Gasteiger partial charge in [0.2, 0.25) is 0 Å². The van der Waals surface area contributed by atoms with Crippen molar-refractivity contribution in [2.75, 3.05) is 20.1 Å². The largest absolute Gasteiger partial charge is 0.467 e. The number of carbonyl (C=O) groups is 1. The Morgan fingerprint density at radius 2 is 2.05 bits per heavy atom. The van der Waals surface area contributed by atoms with Crippen molar-refractivity contribution < 1.29 is 19.7 Å². The minimum atomic E-state index is -1.21. The first-order valence-electron chi connectivity index (χ1n) is 6.33. The average molecular weight is 344 g/mol. The van der Waals surface area contributed by atoms with Crippen molar-refractivity contribution in [3.63, 3.8) is 0 Å². The third-order valence-corrected chi connectivity index (χ3v) is 3.27. The van der Waals surface area contributed by atoms with Gasteiger partial charge in [0.1, 0.15) is 0 Å². The fraction of sp³-hybridized carbons (Fsp3) is 0.462. The van der Waals surface area contributed by atoms with E-state index < -0.39 is 19.0 Å². The van der Waals surface area contributed by atoms with E-state index in [1.165, 1.54) is 7.11 Å². The monoisotopic (exact) mass is 343 g/mol. The van der Waals surface area contributed by atoms with Gasteiger partial charge in [0, 0.05) is 24.0 Å². The van der Waals surface area contributed by atoms with Crippen LogP contribution >= 0.6 is 15.9 Å². The minimum Gasteiger partial charge on any atom is -0.467 e.